The van der Waals surface area contributed by atoms with Gasteiger partial charge in [-0.15, -0.1) is 0 Å². The monoisotopic (exact) mass is 182 g/mol. The lowest BCUT2D eigenvalue weighted by Crippen LogP contribution is -2.13. The Morgan fingerprint density at radius 3 is 2.23 bits per heavy atom. The lowest BCUT2D eigenvalue weighted by atomic mass is 9.83. The Morgan fingerprint density at radius 2 is 2.15 bits per heavy atom. The van der Waals surface area contributed by atoms with Gasteiger partial charge in [0.25, 0.3) is 0 Å². The second-order valence-electron chi connectivity index (χ2n) is 4.16. The van der Waals surface area contributed by atoms with Crippen molar-refractivity contribution >= 4 is 0 Å². The van der Waals surface area contributed by atoms with Crippen LogP contribution < -0.4 is 0 Å². The van der Waals surface area contributed by atoms with E-state index in [0.29, 0.717) is 5.41 Å². The van der Waals surface area contributed by atoms with Gasteiger partial charge in [0.2, 0.25) is 0 Å². The van der Waals surface area contributed by atoms with E-state index < -0.39 is 0 Å². The Kier molecular flexibility index (Phi) is 5.72. The van der Waals surface area contributed by atoms with Gasteiger partial charge in [0.05, 0.1) is 6.61 Å². The van der Waals surface area contributed by atoms with Crippen LogP contribution in [0.3, 0.4) is 0 Å². The highest BCUT2D eigenvalue weighted by molar-refractivity contribution is 5.03. The molecule has 1 aliphatic rings. The maximum absolute atomic E-state index is 7.98. The summed E-state index contributed by atoms with van der Waals surface area (Å²) in [4.78, 5) is 0. The summed E-state index contributed by atoms with van der Waals surface area (Å²) in [5.41, 5.74) is 0.542. The molecule has 0 bridgehead atoms. The molecule has 76 valence electrons. The lowest BCUT2D eigenvalue weighted by molar-refractivity contribution is 0.304. The van der Waals surface area contributed by atoms with Crippen LogP contribution in [0.25, 0.3) is 0 Å². The molecule has 0 radical (unpaired) electrons. The van der Waals surface area contributed by atoms with E-state index in [-0.39, 0.29) is 6.61 Å². The van der Waals surface area contributed by atoms with Gasteiger partial charge in [-0.1, -0.05) is 45.1 Å². The van der Waals surface area contributed by atoms with Crippen molar-refractivity contribution in [2.45, 2.75) is 34.1 Å². The maximum atomic E-state index is 7.98. The van der Waals surface area contributed by atoms with Crippen molar-refractivity contribution in [2.75, 3.05) is 6.61 Å². The molecule has 1 rings (SSSR count). The second-order valence-corrected chi connectivity index (χ2v) is 4.16. The minimum absolute atomic E-state index is 0.163. The summed E-state index contributed by atoms with van der Waals surface area (Å²) < 4.78 is 0. The third-order valence-corrected chi connectivity index (χ3v) is 2.64. The van der Waals surface area contributed by atoms with Gasteiger partial charge in [0.15, 0.2) is 0 Å². The summed E-state index contributed by atoms with van der Waals surface area (Å²) in [6, 6.07) is 0. The molecule has 13 heavy (non-hydrogen) atoms. The highest BCUT2D eigenvalue weighted by Gasteiger charge is 2.25. The first-order valence-electron chi connectivity index (χ1n) is 4.93. The van der Waals surface area contributed by atoms with E-state index in [1.165, 1.54) is 6.42 Å². The fraction of sp³-hybridized carbons (Fsp3) is 0.667. The Balaban J connectivity index is 0.000000252. The molecular formula is C12H22O. The molecule has 1 N–H and O–H groups in total. The minimum atomic E-state index is 0.163. The number of allylic oxidation sites excluding steroid dienone is 3. The van der Waals surface area contributed by atoms with E-state index in [9.17, 15) is 0 Å². The standard InChI is InChI=1S/C8H14.C4H8O/c1-7-5-4-6-8(7,2)3;1-2-3-4-5/h4-5,7H,6H2,1-3H3;2-3,5H,4H2,1H3. The van der Waals surface area contributed by atoms with E-state index in [4.69, 9.17) is 5.11 Å². The van der Waals surface area contributed by atoms with Crippen LogP contribution in [0.5, 0.6) is 0 Å². The molecule has 0 aliphatic heterocycles. The first kappa shape index (κ1) is 12.4. The Labute approximate surface area is 82.2 Å². The molecule has 1 atom stereocenters. The van der Waals surface area contributed by atoms with Gasteiger partial charge >= 0.3 is 0 Å². The Morgan fingerprint density at radius 1 is 1.54 bits per heavy atom. The van der Waals surface area contributed by atoms with E-state index in [1.807, 2.05) is 6.92 Å². The van der Waals surface area contributed by atoms with Crippen LogP contribution >= 0.6 is 0 Å². The van der Waals surface area contributed by atoms with Crippen LogP contribution in [-0.4, -0.2) is 11.7 Å². The Hall–Kier alpha value is -0.560. The molecule has 0 saturated heterocycles. The van der Waals surface area contributed by atoms with E-state index >= 15 is 0 Å². The number of rotatable bonds is 1. The zero-order valence-corrected chi connectivity index (χ0v) is 9.25. The van der Waals surface area contributed by atoms with Crippen molar-refractivity contribution in [3.8, 4) is 0 Å². The smallest absolute Gasteiger partial charge is 0.0612 e. The molecule has 0 spiro atoms. The maximum Gasteiger partial charge on any atom is 0.0612 e. The molecule has 1 unspecified atom stereocenters. The summed E-state index contributed by atoms with van der Waals surface area (Å²) in [5, 5.41) is 7.98. The molecule has 0 aromatic carbocycles. The third-order valence-electron chi connectivity index (χ3n) is 2.64. The highest BCUT2D eigenvalue weighted by atomic mass is 16.2. The van der Waals surface area contributed by atoms with E-state index in [1.54, 1.807) is 12.2 Å². The van der Waals surface area contributed by atoms with Gasteiger partial charge < -0.3 is 5.11 Å². The van der Waals surface area contributed by atoms with Crippen LogP contribution in [-0.2, 0) is 0 Å². The summed E-state index contributed by atoms with van der Waals surface area (Å²) >= 11 is 0. The van der Waals surface area contributed by atoms with Crippen LogP contribution in [0, 0.1) is 11.3 Å². The van der Waals surface area contributed by atoms with Gasteiger partial charge in [-0.25, -0.2) is 0 Å². The predicted octanol–water partition coefficient (Wildman–Crippen LogP) is 3.16. The Bertz CT molecular complexity index is 178. The van der Waals surface area contributed by atoms with Gasteiger partial charge in [-0.05, 0) is 24.7 Å². The van der Waals surface area contributed by atoms with Gasteiger partial charge in [0, 0.05) is 0 Å². The second kappa shape index (κ2) is 5.98. The topological polar surface area (TPSA) is 20.2 Å². The van der Waals surface area contributed by atoms with Crippen molar-refractivity contribution < 1.29 is 5.11 Å². The average Bonchev–Trinajstić information content (AvgIpc) is 2.33. The highest BCUT2D eigenvalue weighted by Crippen LogP contribution is 2.36. The zero-order chi connectivity index (χ0) is 10.3. The minimum Gasteiger partial charge on any atom is -0.392 e. The van der Waals surface area contributed by atoms with E-state index in [0.717, 1.165) is 5.92 Å². The zero-order valence-electron chi connectivity index (χ0n) is 9.25. The summed E-state index contributed by atoms with van der Waals surface area (Å²) in [5.74, 6) is 0.780. The largest absolute Gasteiger partial charge is 0.392 e. The number of hydrogen-bond acceptors (Lipinski definition) is 1. The molecule has 0 saturated carbocycles. The molecule has 0 fully saturated rings. The first-order valence-corrected chi connectivity index (χ1v) is 4.93. The van der Waals surface area contributed by atoms with Gasteiger partial charge in [0.1, 0.15) is 0 Å². The van der Waals surface area contributed by atoms with Gasteiger partial charge in [-0.2, -0.15) is 0 Å². The summed E-state index contributed by atoms with van der Waals surface area (Å²) in [6.45, 7) is 8.95. The van der Waals surface area contributed by atoms with Gasteiger partial charge in [-0.3, -0.25) is 0 Å². The molecule has 1 nitrogen and oxygen atoms in total. The lowest BCUT2D eigenvalue weighted by Gasteiger charge is -2.22. The van der Waals surface area contributed by atoms with E-state index in [2.05, 4.69) is 32.9 Å². The van der Waals surface area contributed by atoms with Crippen molar-refractivity contribution in [1.82, 2.24) is 0 Å². The fourth-order valence-electron chi connectivity index (χ4n) is 1.13. The van der Waals surface area contributed by atoms with Crippen LogP contribution in [0.2, 0.25) is 0 Å². The quantitative estimate of drug-likeness (QED) is 0.618. The van der Waals surface area contributed by atoms with Crippen molar-refractivity contribution in [3.63, 3.8) is 0 Å². The average molecular weight is 182 g/mol. The number of aliphatic hydroxyl groups excluding tert-OH is 1. The third kappa shape index (κ3) is 4.89. The van der Waals surface area contributed by atoms with Crippen molar-refractivity contribution in [1.29, 1.82) is 0 Å². The number of aliphatic hydroxyl groups is 1. The molecule has 0 aromatic heterocycles. The summed E-state index contributed by atoms with van der Waals surface area (Å²) in [7, 11) is 0. The van der Waals surface area contributed by atoms with Crippen molar-refractivity contribution in [2.24, 2.45) is 11.3 Å². The molecule has 1 heteroatoms. The van der Waals surface area contributed by atoms with Crippen LogP contribution in [0.15, 0.2) is 24.3 Å². The fourth-order valence-corrected chi connectivity index (χ4v) is 1.13. The molecule has 1 aliphatic carbocycles. The van der Waals surface area contributed by atoms with Crippen LogP contribution in [0.1, 0.15) is 34.1 Å². The SMILES string of the molecule is CC1C=CCC1(C)C.CC=CCO. The molecule has 0 heterocycles. The molecule has 0 amide bonds. The molecule has 0 aromatic rings. The normalized spacial score (nSPS) is 24.5. The van der Waals surface area contributed by atoms with Crippen molar-refractivity contribution in [3.05, 3.63) is 24.3 Å². The summed E-state index contributed by atoms with van der Waals surface area (Å²) in [6.07, 6.45) is 9.33. The first-order chi connectivity index (χ1) is 6.04. The van der Waals surface area contributed by atoms with Crippen LogP contribution in [0.4, 0.5) is 0 Å². The molecular weight excluding hydrogens is 160 g/mol. The number of hydrogen-bond donors (Lipinski definition) is 1. The predicted molar refractivity (Wildman–Crippen MR) is 58.6 cm³/mol.